The van der Waals surface area contributed by atoms with Crippen molar-refractivity contribution in [2.45, 2.75) is 85.0 Å². The van der Waals surface area contributed by atoms with Gasteiger partial charge in [-0.25, -0.2) is 0 Å². The van der Waals surface area contributed by atoms with Crippen molar-refractivity contribution in [3.8, 4) is 0 Å². The van der Waals surface area contributed by atoms with Crippen LogP contribution in [0, 0.1) is 0 Å². The van der Waals surface area contributed by atoms with Gasteiger partial charge in [-0.05, 0) is 55.9 Å². The topological polar surface area (TPSA) is 17.1 Å². The van der Waals surface area contributed by atoms with Crippen LogP contribution < -0.4 is 0 Å². The molecule has 0 atom stereocenters. The number of rotatable bonds is 11. The number of Topliss-reactive ketones (excluding diaryl/α,β-unsaturated/α-hetero) is 1. The lowest BCUT2D eigenvalue weighted by Crippen LogP contribution is -1.98. The second-order valence-corrected chi connectivity index (χ2v) is 6.22. The van der Waals surface area contributed by atoms with Crippen molar-refractivity contribution in [3.63, 3.8) is 0 Å². The summed E-state index contributed by atoms with van der Waals surface area (Å²) in [6, 6.07) is 6.53. The summed E-state index contributed by atoms with van der Waals surface area (Å²) in [5.74, 6) is 0.195. The van der Waals surface area contributed by atoms with Gasteiger partial charge in [0.25, 0.3) is 0 Å². The summed E-state index contributed by atoms with van der Waals surface area (Å²) in [5, 5.41) is 0. The van der Waals surface area contributed by atoms with Gasteiger partial charge in [0.2, 0.25) is 0 Å². The molecule has 0 aliphatic carbocycles. The molecule has 0 aromatic heterocycles. The second kappa shape index (κ2) is 10.6. The maximum absolute atomic E-state index is 11.7. The van der Waals surface area contributed by atoms with E-state index in [1.54, 1.807) is 6.92 Å². The molecule has 0 amide bonds. The molecule has 0 unspecified atom stereocenters. The molecule has 0 aliphatic heterocycles. The molecular weight excluding hydrogens is 256 g/mol. The van der Waals surface area contributed by atoms with Crippen LogP contribution in [-0.4, -0.2) is 5.78 Å². The lowest BCUT2D eigenvalue weighted by Gasteiger charge is -2.09. The Bertz CT molecular complexity index is 390. The average Bonchev–Trinajstić information content (AvgIpc) is 2.48. The molecule has 0 fully saturated rings. The number of hydrogen-bond acceptors (Lipinski definition) is 1. The van der Waals surface area contributed by atoms with E-state index in [4.69, 9.17) is 0 Å². The van der Waals surface area contributed by atoms with Crippen molar-refractivity contribution < 1.29 is 4.79 Å². The molecular formula is C20H32O. The number of hydrogen-bond donors (Lipinski definition) is 0. The summed E-state index contributed by atoms with van der Waals surface area (Å²) in [4.78, 5) is 11.7. The molecule has 1 aromatic carbocycles. The maximum atomic E-state index is 11.7. The number of unbranched alkanes of at least 4 members (excludes halogenated alkanes) is 6. The Balaban J connectivity index is 2.63. The van der Waals surface area contributed by atoms with Gasteiger partial charge in [0.05, 0.1) is 0 Å². The van der Waals surface area contributed by atoms with Crippen LogP contribution in [0.5, 0.6) is 0 Å². The lowest BCUT2D eigenvalue weighted by molar-refractivity contribution is 0.101. The van der Waals surface area contributed by atoms with Crippen LogP contribution in [0.1, 0.15) is 93.6 Å². The Morgan fingerprint density at radius 3 is 1.62 bits per heavy atom. The first-order chi connectivity index (χ1) is 10.2. The predicted octanol–water partition coefficient (Wildman–Crippen LogP) is 6.13. The van der Waals surface area contributed by atoms with Gasteiger partial charge in [-0.1, -0.05) is 58.4 Å². The minimum atomic E-state index is 0.195. The minimum absolute atomic E-state index is 0.195. The van der Waals surface area contributed by atoms with Gasteiger partial charge in [0.1, 0.15) is 0 Å². The standard InChI is InChI=1S/C20H32O/c1-4-6-8-10-12-18-14-19(13-11-9-7-5-2)16-20(15-18)17(3)21/h14-16H,4-13H2,1-3H3. The van der Waals surface area contributed by atoms with Crippen LogP contribution in [-0.2, 0) is 12.8 Å². The Morgan fingerprint density at radius 2 is 1.24 bits per heavy atom. The first kappa shape index (κ1) is 17.9. The second-order valence-electron chi connectivity index (χ2n) is 6.22. The molecule has 0 saturated carbocycles. The molecule has 0 radical (unpaired) electrons. The van der Waals surface area contributed by atoms with Crippen molar-refractivity contribution in [2.24, 2.45) is 0 Å². The normalized spacial score (nSPS) is 10.8. The number of carbonyl (C=O) groups excluding carboxylic acids is 1. The molecule has 1 aromatic rings. The Hall–Kier alpha value is -1.11. The van der Waals surface area contributed by atoms with E-state index < -0.39 is 0 Å². The van der Waals surface area contributed by atoms with Crippen molar-refractivity contribution in [1.29, 1.82) is 0 Å². The van der Waals surface area contributed by atoms with E-state index >= 15 is 0 Å². The van der Waals surface area contributed by atoms with E-state index in [2.05, 4.69) is 32.0 Å². The molecule has 0 heterocycles. The number of aryl methyl sites for hydroxylation is 2. The van der Waals surface area contributed by atoms with Gasteiger partial charge < -0.3 is 0 Å². The van der Waals surface area contributed by atoms with Crippen molar-refractivity contribution in [1.82, 2.24) is 0 Å². The number of carbonyl (C=O) groups is 1. The van der Waals surface area contributed by atoms with Gasteiger partial charge in [-0.3, -0.25) is 4.79 Å². The molecule has 0 bridgehead atoms. The quantitative estimate of drug-likeness (QED) is 0.353. The van der Waals surface area contributed by atoms with Crippen LogP contribution in [0.25, 0.3) is 0 Å². The van der Waals surface area contributed by atoms with Gasteiger partial charge >= 0.3 is 0 Å². The summed E-state index contributed by atoms with van der Waals surface area (Å²) < 4.78 is 0. The summed E-state index contributed by atoms with van der Waals surface area (Å²) in [6.07, 6.45) is 12.5. The molecule has 0 spiro atoms. The zero-order valence-electron chi connectivity index (χ0n) is 14.2. The fraction of sp³-hybridized carbons (Fsp3) is 0.650. The van der Waals surface area contributed by atoms with Crippen molar-refractivity contribution in [3.05, 3.63) is 34.9 Å². The average molecular weight is 288 g/mol. The van der Waals surface area contributed by atoms with Gasteiger partial charge in [0.15, 0.2) is 5.78 Å². The largest absolute Gasteiger partial charge is 0.295 e. The SMILES string of the molecule is CCCCCCc1cc(CCCCCC)cc(C(C)=O)c1. The van der Waals surface area contributed by atoms with Crippen LogP contribution in [0.15, 0.2) is 18.2 Å². The van der Waals surface area contributed by atoms with E-state index in [0.29, 0.717) is 0 Å². The monoisotopic (exact) mass is 288 g/mol. The van der Waals surface area contributed by atoms with Crippen LogP contribution in [0.3, 0.4) is 0 Å². The lowest BCUT2D eigenvalue weighted by atomic mass is 9.96. The highest BCUT2D eigenvalue weighted by molar-refractivity contribution is 5.94. The summed E-state index contributed by atoms with van der Waals surface area (Å²) >= 11 is 0. The summed E-state index contributed by atoms with van der Waals surface area (Å²) in [6.45, 7) is 6.16. The molecule has 21 heavy (non-hydrogen) atoms. The zero-order chi connectivity index (χ0) is 15.5. The van der Waals surface area contributed by atoms with Gasteiger partial charge in [-0.15, -0.1) is 0 Å². The zero-order valence-corrected chi connectivity index (χ0v) is 14.2. The summed E-state index contributed by atoms with van der Waals surface area (Å²) in [5.41, 5.74) is 3.60. The van der Waals surface area contributed by atoms with Crippen molar-refractivity contribution in [2.75, 3.05) is 0 Å². The first-order valence-corrected chi connectivity index (χ1v) is 8.81. The molecule has 118 valence electrons. The van der Waals surface area contributed by atoms with Crippen LogP contribution >= 0.6 is 0 Å². The smallest absolute Gasteiger partial charge is 0.159 e. The Morgan fingerprint density at radius 1 is 0.762 bits per heavy atom. The minimum Gasteiger partial charge on any atom is -0.295 e. The third kappa shape index (κ3) is 7.45. The predicted molar refractivity (Wildman–Crippen MR) is 92.1 cm³/mol. The highest BCUT2D eigenvalue weighted by Gasteiger charge is 2.05. The molecule has 0 saturated heterocycles. The Labute approximate surface area is 131 Å². The fourth-order valence-corrected chi connectivity index (χ4v) is 2.77. The maximum Gasteiger partial charge on any atom is 0.159 e. The fourth-order valence-electron chi connectivity index (χ4n) is 2.77. The van der Waals surface area contributed by atoms with E-state index in [0.717, 1.165) is 18.4 Å². The van der Waals surface area contributed by atoms with Crippen LogP contribution in [0.4, 0.5) is 0 Å². The highest BCUT2D eigenvalue weighted by Crippen LogP contribution is 2.17. The van der Waals surface area contributed by atoms with Crippen LogP contribution in [0.2, 0.25) is 0 Å². The van der Waals surface area contributed by atoms with E-state index in [1.807, 2.05) is 0 Å². The van der Waals surface area contributed by atoms with Crippen molar-refractivity contribution >= 4 is 5.78 Å². The van der Waals surface area contributed by atoms with Gasteiger partial charge in [-0.2, -0.15) is 0 Å². The number of benzene rings is 1. The first-order valence-electron chi connectivity index (χ1n) is 8.81. The third-order valence-corrected chi connectivity index (χ3v) is 4.10. The molecule has 1 nitrogen and oxygen atoms in total. The summed E-state index contributed by atoms with van der Waals surface area (Å²) in [7, 11) is 0. The molecule has 0 N–H and O–H groups in total. The number of ketones is 1. The van der Waals surface area contributed by atoms with E-state index in [9.17, 15) is 4.79 Å². The highest BCUT2D eigenvalue weighted by atomic mass is 16.1. The van der Waals surface area contributed by atoms with E-state index in [-0.39, 0.29) is 5.78 Å². The van der Waals surface area contributed by atoms with E-state index in [1.165, 1.54) is 62.5 Å². The Kier molecular flexibility index (Phi) is 9.05. The third-order valence-electron chi connectivity index (χ3n) is 4.10. The molecule has 1 rings (SSSR count). The molecule has 1 heteroatoms. The van der Waals surface area contributed by atoms with Gasteiger partial charge in [0, 0.05) is 5.56 Å². The molecule has 0 aliphatic rings.